The Kier molecular flexibility index (Phi) is 6.48. The maximum Gasteiger partial charge on any atom is 0.308 e. The molecular weight excluding hydrogens is 338 g/mol. The number of thiophene rings is 1. The number of hydrogen-bond acceptors (Lipinski definition) is 4. The highest BCUT2D eigenvalue weighted by atomic mass is 32.1. The van der Waals surface area contributed by atoms with Crippen molar-refractivity contribution in [2.75, 3.05) is 19.8 Å². The first-order chi connectivity index (χ1) is 12.1. The number of aliphatic carboxylic acids is 1. The van der Waals surface area contributed by atoms with E-state index in [0.29, 0.717) is 13.2 Å². The van der Waals surface area contributed by atoms with Crippen molar-refractivity contribution in [2.45, 2.75) is 51.4 Å². The second-order valence-corrected chi connectivity index (χ2v) is 8.21. The van der Waals surface area contributed by atoms with E-state index >= 15 is 0 Å². The van der Waals surface area contributed by atoms with Gasteiger partial charge >= 0.3 is 5.97 Å². The summed E-state index contributed by atoms with van der Waals surface area (Å²) in [7, 11) is 0. The molecule has 2 N–H and O–H groups in total. The smallest absolute Gasteiger partial charge is 0.308 e. The van der Waals surface area contributed by atoms with Gasteiger partial charge in [0.1, 0.15) is 0 Å². The molecule has 2 heterocycles. The number of carbonyl (C=O) groups excluding carboxylic acids is 1. The maximum absolute atomic E-state index is 12.5. The number of nitrogens with one attached hydrogen (secondary N) is 1. The van der Waals surface area contributed by atoms with Gasteiger partial charge in [0.25, 0.3) is 5.91 Å². The summed E-state index contributed by atoms with van der Waals surface area (Å²) in [5.41, 5.74) is 1.31. The molecule has 1 amide bonds. The van der Waals surface area contributed by atoms with E-state index in [2.05, 4.69) is 5.32 Å². The van der Waals surface area contributed by atoms with Crippen molar-refractivity contribution >= 4 is 23.2 Å². The molecule has 1 aromatic rings. The van der Waals surface area contributed by atoms with E-state index in [4.69, 9.17) is 4.74 Å². The lowest BCUT2D eigenvalue weighted by atomic mass is 9.86. The normalized spacial score (nSPS) is 20.2. The first-order valence-corrected chi connectivity index (χ1v) is 10.2. The minimum Gasteiger partial charge on any atom is -0.481 e. The summed E-state index contributed by atoms with van der Waals surface area (Å²) in [4.78, 5) is 26.2. The van der Waals surface area contributed by atoms with Crippen molar-refractivity contribution in [3.63, 3.8) is 0 Å². The highest BCUT2D eigenvalue weighted by Crippen LogP contribution is 2.29. The van der Waals surface area contributed by atoms with Crippen LogP contribution >= 0.6 is 11.3 Å². The van der Waals surface area contributed by atoms with Crippen LogP contribution in [0.2, 0.25) is 0 Å². The SMILES string of the molecule is O=C(NCC(C(=O)O)C1CCOCC1)c1cc2c(s1)CCCCCC2. The molecule has 0 radical (unpaired) electrons. The molecular formula is C19H27NO4S. The number of carboxylic acids is 1. The van der Waals surface area contributed by atoms with Gasteiger partial charge in [-0.25, -0.2) is 0 Å². The Morgan fingerprint density at radius 3 is 2.64 bits per heavy atom. The number of hydrogen-bond donors (Lipinski definition) is 2. The van der Waals surface area contributed by atoms with Crippen molar-refractivity contribution in [1.82, 2.24) is 5.32 Å². The Balaban J connectivity index is 1.61. The summed E-state index contributed by atoms with van der Waals surface area (Å²) in [5.74, 6) is -1.41. The number of aryl methyl sites for hydroxylation is 2. The molecule has 1 unspecified atom stereocenters. The van der Waals surface area contributed by atoms with E-state index in [-0.39, 0.29) is 18.4 Å². The van der Waals surface area contributed by atoms with Gasteiger partial charge in [-0.1, -0.05) is 12.8 Å². The average Bonchev–Trinajstić information content (AvgIpc) is 2.98. The van der Waals surface area contributed by atoms with Gasteiger partial charge in [-0.2, -0.15) is 0 Å². The molecule has 1 atom stereocenters. The molecule has 0 saturated carbocycles. The third-order valence-corrected chi connectivity index (χ3v) is 6.59. The molecule has 1 aliphatic heterocycles. The van der Waals surface area contributed by atoms with Crippen molar-refractivity contribution in [1.29, 1.82) is 0 Å². The van der Waals surface area contributed by atoms with Gasteiger partial charge in [-0.05, 0) is 56.1 Å². The van der Waals surface area contributed by atoms with Crippen LogP contribution in [0.4, 0.5) is 0 Å². The highest BCUT2D eigenvalue weighted by Gasteiger charge is 2.30. The minimum absolute atomic E-state index is 0.0788. The summed E-state index contributed by atoms with van der Waals surface area (Å²) in [5, 5.41) is 12.4. The zero-order valence-corrected chi connectivity index (χ0v) is 15.4. The second kappa shape index (κ2) is 8.81. The zero-order chi connectivity index (χ0) is 17.6. The number of rotatable bonds is 5. The molecule has 1 saturated heterocycles. The van der Waals surface area contributed by atoms with Crippen LogP contribution in [-0.2, 0) is 22.4 Å². The Morgan fingerprint density at radius 2 is 1.92 bits per heavy atom. The molecule has 3 rings (SSSR count). The van der Waals surface area contributed by atoms with Crippen LogP contribution in [0.1, 0.15) is 58.6 Å². The number of fused-ring (bicyclic) bond motifs is 1. The predicted octanol–water partition coefficient (Wildman–Crippen LogP) is 3.26. The van der Waals surface area contributed by atoms with Crippen LogP contribution in [0, 0.1) is 11.8 Å². The van der Waals surface area contributed by atoms with Gasteiger partial charge in [0, 0.05) is 24.6 Å². The Labute approximate surface area is 152 Å². The largest absolute Gasteiger partial charge is 0.481 e. The Morgan fingerprint density at radius 1 is 1.20 bits per heavy atom. The van der Waals surface area contributed by atoms with Gasteiger partial charge in [0.2, 0.25) is 0 Å². The monoisotopic (exact) mass is 365 g/mol. The van der Waals surface area contributed by atoms with Crippen LogP contribution in [0.5, 0.6) is 0 Å². The summed E-state index contributed by atoms with van der Waals surface area (Å²) >= 11 is 1.58. The van der Waals surface area contributed by atoms with Crippen molar-refractivity contribution in [3.8, 4) is 0 Å². The Hall–Kier alpha value is -1.40. The molecule has 0 bridgehead atoms. The van der Waals surface area contributed by atoms with E-state index in [0.717, 1.165) is 30.6 Å². The van der Waals surface area contributed by atoms with Gasteiger partial charge in [0.05, 0.1) is 10.8 Å². The summed E-state index contributed by atoms with van der Waals surface area (Å²) in [6.07, 6.45) is 8.54. The third kappa shape index (κ3) is 4.82. The van der Waals surface area contributed by atoms with Crippen molar-refractivity contribution in [3.05, 3.63) is 21.4 Å². The summed E-state index contributed by atoms with van der Waals surface area (Å²) in [6, 6.07) is 2.02. The molecule has 1 fully saturated rings. The average molecular weight is 365 g/mol. The van der Waals surface area contributed by atoms with Gasteiger partial charge in [-0.15, -0.1) is 11.3 Å². The van der Waals surface area contributed by atoms with Gasteiger partial charge in [-0.3, -0.25) is 9.59 Å². The topological polar surface area (TPSA) is 75.6 Å². The number of carbonyl (C=O) groups is 2. The molecule has 2 aliphatic rings. The predicted molar refractivity (Wildman–Crippen MR) is 97.2 cm³/mol. The van der Waals surface area contributed by atoms with Gasteiger partial charge in [0.15, 0.2) is 0 Å². The zero-order valence-electron chi connectivity index (χ0n) is 14.6. The minimum atomic E-state index is -0.828. The molecule has 6 heteroatoms. The lowest BCUT2D eigenvalue weighted by molar-refractivity contribution is -0.144. The van der Waals surface area contributed by atoms with E-state index in [1.54, 1.807) is 11.3 Å². The fraction of sp³-hybridized carbons (Fsp3) is 0.684. The summed E-state index contributed by atoms with van der Waals surface area (Å²) < 4.78 is 5.31. The quantitative estimate of drug-likeness (QED) is 0.840. The molecule has 0 aromatic carbocycles. The van der Waals surface area contributed by atoms with Gasteiger partial charge < -0.3 is 15.2 Å². The van der Waals surface area contributed by atoms with Crippen LogP contribution in [0.25, 0.3) is 0 Å². The number of amides is 1. The lowest BCUT2D eigenvalue weighted by Gasteiger charge is -2.27. The fourth-order valence-electron chi connectivity index (χ4n) is 3.82. The van der Waals surface area contributed by atoms with Crippen LogP contribution < -0.4 is 5.32 Å². The number of carboxylic acid groups (broad SMARTS) is 1. The fourth-order valence-corrected chi connectivity index (χ4v) is 4.99. The third-order valence-electron chi connectivity index (χ3n) is 5.36. The summed E-state index contributed by atoms with van der Waals surface area (Å²) in [6.45, 7) is 1.42. The molecule has 1 aromatic heterocycles. The van der Waals surface area contributed by atoms with Crippen molar-refractivity contribution in [2.24, 2.45) is 11.8 Å². The van der Waals surface area contributed by atoms with Crippen LogP contribution in [0.15, 0.2) is 6.07 Å². The Bertz CT molecular complexity index is 581. The standard InChI is InChI=1S/C19H27NO4S/c21-18(17-11-14-5-3-1-2-4-6-16(14)25-17)20-12-15(19(22)23)13-7-9-24-10-8-13/h11,13,15H,1-10,12H2,(H,20,21)(H,22,23). The maximum atomic E-state index is 12.5. The van der Waals surface area contributed by atoms with E-state index in [9.17, 15) is 14.7 Å². The number of ether oxygens (including phenoxy) is 1. The van der Waals surface area contributed by atoms with Crippen molar-refractivity contribution < 1.29 is 19.4 Å². The molecule has 138 valence electrons. The van der Waals surface area contributed by atoms with E-state index in [1.165, 1.54) is 36.1 Å². The molecule has 0 spiro atoms. The molecule has 5 nitrogen and oxygen atoms in total. The highest BCUT2D eigenvalue weighted by molar-refractivity contribution is 7.14. The first-order valence-electron chi connectivity index (χ1n) is 9.35. The van der Waals surface area contributed by atoms with E-state index < -0.39 is 11.9 Å². The molecule has 25 heavy (non-hydrogen) atoms. The molecule has 1 aliphatic carbocycles. The van der Waals surface area contributed by atoms with Crippen LogP contribution in [-0.4, -0.2) is 36.7 Å². The first kappa shape index (κ1) is 18.4. The van der Waals surface area contributed by atoms with E-state index in [1.807, 2.05) is 6.07 Å². The second-order valence-electron chi connectivity index (χ2n) is 7.08. The van der Waals surface area contributed by atoms with Crippen LogP contribution in [0.3, 0.4) is 0 Å². The lowest BCUT2D eigenvalue weighted by Crippen LogP contribution is -2.38.